The fourth-order valence-corrected chi connectivity index (χ4v) is 1.15. The van der Waals surface area contributed by atoms with Crippen molar-refractivity contribution >= 4 is 21.9 Å². The third-order valence-corrected chi connectivity index (χ3v) is 1.79. The molecule has 0 unspecified atom stereocenters. The maximum absolute atomic E-state index is 11.3. The van der Waals surface area contributed by atoms with E-state index >= 15 is 0 Å². The number of alkyl halides is 1. The molecule has 0 aromatic heterocycles. The molecule has 19 heavy (non-hydrogen) atoms. The summed E-state index contributed by atoms with van der Waals surface area (Å²) in [7, 11) is 0. The molecule has 0 saturated carbocycles. The van der Waals surface area contributed by atoms with Crippen molar-refractivity contribution in [3.63, 3.8) is 0 Å². The molecule has 0 aliphatic carbocycles. The van der Waals surface area contributed by atoms with Crippen LogP contribution in [0.3, 0.4) is 0 Å². The first-order valence-electron chi connectivity index (χ1n) is 6.80. The van der Waals surface area contributed by atoms with Crippen LogP contribution in [0.4, 0.5) is 0 Å². The minimum atomic E-state index is -0.421. The van der Waals surface area contributed by atoms with Crippen LogP contribution >= 0.6 is 15.9 Å². The average Bonchev–Trinajstić information content (AvgIpc) is 2.26. The number of carbonyl (C=O) groups excluding carboxylic acids is 1. The van der Waals surface area contributed by atoms with E-state index < -0.39 is 5.60 Å². The summed E-state index contributed by atoms with van der Waals surface area (Å²) in [5, 5.41) is 0.824. The van der Waals surface area contributed by atoms with Crippen molar-refractivity contribution in [1.29, 1.82) is 0 Å². The van der Waals surface area contributed by atoms with Crippen molar-refractivity contribution < 1.29 is 19.0 Å². The summed E-state index contributed by atoms with van der Waals surface area (Å²) >= 11 is 3.25. The van der Waals surface area contributed by atoms with E-state index in [1.54, 1.807) is 0 Å². The number of ether oxygens (including phenoxy) is 3. The Morgan fingerprint density at radius 3 is 1.89 bits per heavy atom. The molecule has 0 aromatic rings. The van der Waals surface area contributed by atoms with Gasteiger partial charge in [0.25, 0.3) is 0 Å². The van der Waals surface area contributed by atoms with E-state index in [4.69, 9.17) is 14.2 Å². The number of esters is 1. The molecule has 4 nitrogen and oxygen atoms in total. The molecule has 116 valence electrons. The van der Waals surface area contributed by atoms with Crippen molar-refractivity contribution in [2.75, 3.05) is 31.8 Å². The van der Waals surface area contributed by atoms with Crippen molar-refractivity contribution in [3.8, 4) is 0 Å². The first kappa shape index (κ1) is 21.2. The Kier molecular flexibility index (Phi) is 15.9. The first-order chi connectivity index (χ1) is 8.87. The van der Waals surface area contributed by atoms with Gasteiger partial charge in [0.15, 0.2) is 0 Å². The van der Waals surface area contributed by atoms with Gasteiger partial charge in [0.05, 0.1) is 32.8 Å². The molecule has 0 aliphatic rings. The lowest BCUT2D eigenvalue weighted by Gasteiger charge is -2.19. The molecular weight excluding hydrogens is 312 g/mol. The number of hydrogen-bond acceptors (Lipinski definition) is 4. The van der Waals surface area contributed by atoms with Gasteiger partial charge in [0.1, 0.15) is 5.60 Å². The Hall–Kier alpha value is -0.130. The normalized spacial score (nSPS) is 10.6. The molecule has 5 heteroatoms. The van der Waals surface area contributed by atoms with Crippen LogP contribution in [-0.4, -0.2) is 43.3 Å². The first-order valence-corrected chi connectivity index (χ1v) is 7.92. The third kappa shape index (κ3) is 23.4. The van der Waals surface area contributed by atoms with Gasteiger partial charge in [-0.05, 0) is 20.8 Å². The van der Waals surface area contributed by atoms with Gasteiger partial charge < -0.3 is 14.2 Å². The number of hydrogen-bond donors (Lipinski definition) is 0. The van der Waals surface area contributed by atoms with Gasteiger partial charge in [-0.25, -0.2) is 0 Å². The van der Waals surface area contributed by atoms with Crippen LogP contribution in [0.1, 0.15) is 47.5 Å². The third-order valence-electron chi connectivity index (χ3n) is 1.46. The standard InChI is InChI=1S/C11H21BrO4.C3H8/c1-11(2,3)16-10(13)4-6-14-8-9-15-7-5-12;1-3-2/h4-9H2,1-3H3;3H2,1-2H3. The molecule has 0 aliphatic heterocycles. The zero-order valence-electron chi connectivity index (χ0n) is 13.0. The second-order valence-corrected chi connectivity index (χ2v) is 5.75. The molecule has 0 fully saturated rings. The molecule has 0 rings (SSSR count). The van der Waals surface area contributed by atoms with Gasteiger partial charge in [-0.2, -0.15) is 0 Å². The van der Waals surface area contributed by atoms with Crippen LogP contribution in [0, 0.1) is 0 Å². The Labute approximate surface area is 126 Å². The van der Waals surface area contributed by atoms with Gasteiger partial charge in [0, 0.05) is 5.33 Å². The number of carbonyl (C=O) groups is 1. The molecule has 0 amide bonds. The predicted octanol–water partition coefficient (Wildman–Crippen LogP) is 3.56. The molecular formula is C14H29BrO4. The highest BCUT2D eigenvalue weighted by atomic mass is 79.9. The van der Waals surface area contributed by atoms with Crippen LogP contribution in [-0.2, 0) is 19.0 Å². The van der Waals surface area contributed by atoms with Gasteiger partial charge in [-0.1, -0.05) is 36.2 Å². The van der Waals surface area contributed by atoms with E-state index in [9.17, 15) is 4.79 Å². The van der Waals surface area contributed by atoms with Crippen molar-refractivity contribution in [3.05, 3.63) is 0 Å². The zero-order valence-corrected chi connectivity index (χ0v) is 14.5. The smallest absolute Gasteiger partial charge is 0.308 e. The number of rotatable bonds is 8. The number of halogens is 1. The predicted molar refractivity (Wildman–Crippen MR) is 81.9 cm³/mol. The molecule has 0 atom stereocenters. The summed E-state index contributed by atoms with van der Waals surface area (Å²) in [6, 6.07) is 0. The van der Waals surface area contributed by atoms with Crippen LogP contribution in [0.25, 0.3) is 0 Å². The Balaban J connectivity index is 0. The topological polar surface area (TPSA) is 44.8 Å². The van der Waals surface area contributed by atoms with E-state index in [-0.39, 0.29) is 12.4 Å². The minimum absolute atomic E-state index is 0.228. The Morgan fingerprint density at radius 1 is 1.00 bits per heavy atom. The highest BCUT2D eigenvalue weighted by molar-refractivity contribution is 9.09. The highest BCUT2D eigenvalue weighted by Crippen LogP contribution is 2.07. The monoisotopic (exact) mass is 340 g/mol. The Bertz CT molecular complexity index is 202. The van der Waals surface area contributed by atoms with Crippen LogP contribution in [0.2, 0.25) is 0 Å². The lowest BCUT2D eigenvalue weighted by molar-refractivity contribution is -0.156. The van der Waals surface area contributed by atoms with E-state index in [0.29, 0.717) is 26.4 Å². The molecule has 0 heterocycles. The molecule has 0 spiro atoms. The van der Waals surface area contributed by atoms with Crippen molar-refractivity contribution in [1.82, 2.24) is 0 Å². The fourth-order valence-electron chi connectivity index (χ4n) is 0.925. The lowest BCUT2D eigenvalue weighted by Crippen LogP contribution is -2.24. The molecule has 0 saturated heterocycles. The van der Waals surface area contributed by atoms with Crippen LogP contribution in [0.15, 0.2) is 0 Å². The quantitative estimate of drug-likeness (QED) is 0.385. The average molecular weight is 341 g/mol. The summed E-state index contributed by atoms with van der Waals surface area (Å²) in [5.41, 5.74) is -0.421. The van der Waals surface area contributed by atoms with Gasteiger partial charge in [-0.3, -0.25) is 4.79 Å². The molecule has 0 bridgehead atoms. The fraction of sp³-hybridized carbons (Fsp3) is 0.929. The SMILES string of the molecule is CC(C)(C)OC(=O)CCOCCOCCBr.CCC. The maximum atomic E-state index is 11.3. The van der Waals surface area contributed by atoms with Gasteiger partial charge in [0.2, 0.25) is 0 Å². The van der Waals surface area contributed by atoms with E-state index in [0.717, 1.165) is 5.33 Å². The zero-order chi connectivity index (χ0) is 15.1. The van der Waals surface area contributed by atoms with E-state index in [1.165, 1.54) is 6.42 Å². The van der Waals surface area contributed by atoms with Crippen LogP contribution < -0.4 is 0 Å². The summed E-state index contributed by atoms with van der Waals surface area (Å²) in [6.45, 7) is 11.9. The lowest BCUT2D eigenvalue weighted by atomic mass is 10.2. The highest BCUT2D eigenvalue weighted by Gasteiger charge is 2.15. The molecule has 0 radical (unpaired) electrons. The van der Waals surface area contributed by atoms with Crippen molar-refractivity contribution in [2.45, 2.75) is 53.1 Å². The second kappa shape index (κ2) is 14.3. The maximum Gasteiger partial charge on any atom is 0.308 e. The summed E-state index contributed by atoms with van der Waals surface area (Å²) < 4.78 is 15.5. The van der Waals surface area contributed by atoms with Gasteiger partial charge >= 0.3 is 5.97 Å². The van der Waals surface area contributed by atoms with E-state index in [2.05, 4.69) is 29.8 Å². The second-order valence-electron chi connectivity index (χ2n) is 4.96. The summed E-state index contributed by atoms with van der Waals surface area (Å²) in [4.78, 5) is 11.3. The Morgan fingerprint density at radius 2 is 1.47 bits per heavy atom. The summed E-state index contributed by atoms with van der Waals surface area (Å²) in [5.74, 6) is -0.228. The molecule has 0 N–H and O–H groups in total. The van der Waals surface area contributed by atoms with Crippen LogP contribution in [0.5, 0.6) is 0 Å². The minimum Gasteiger partial charge on any atom is -0.460 e. The van der Waals surface area contributed by atoms with E-state index in [1.807, 2.05) is 20.8 Å². The summed E-state index contributed by atoms with van der Waals surface area (Å²) in [6.07, 6.45) is 1.54. The molecule has 0 aromatic carbocycles. The van der Waals surface area contributed by atoms with Crippen molar-refractivity contribution in [2.24, 2.45) is 0 Å². The largest absolute Gasteiger partial charge is 0.460 e. The van der Waals surface area contributed by atoms with Gasteiger partial charge in [-0.15, -0.1) is 0 Å².